The van der Waals surface area contributed by atoms with Crippen molar-refractivity contribution in [3.63, 3.8) is 0 Å². The lowest BCUT2D eigenvalue weighted by molar-refractivity contribution is 0.476. The Morgan fingerprint density at radius 3 is 2.46 bits per heavy atom. The third-order valence-corrected chi connectivity index (χ3v) is 2.01. The first kappa shape index (κ1) is 7.63. The summed E-state index contributed by atoms with van der Waals surface area (Å²) in [7, 11) is 0. The molecule has 0 atom stereocenters. The molecule has 0 aliphatic heterocycles. The number of aromatic hydroxyl groups is 1. The van der Waals surface area contributed by atoms with E-state index in [9.17, 15) is 5.11 Å². The number of nitriles is 1. The summed E-state index contributed by atoms with van der Waals surface area (Å²) in [5.41, 5.74) is 2.49. The second-order valence-corrected chi connectivity index (χ2v) is 2.82. The van der Waals surface area contributed by atoms with E-state index >= 15 is 0 Å². The summed E-state index contributed by atoms with van der Waals surface area (Å²) in [5, 5.41) is 18.0. The standard InChI is InChI=1S/C11H7NO/c12-7-9-2-1-8-3-4-10(13)5-6-11(8)9/h1-6,13H. The predicted octanol–water partition coefficient (Wildman–Crippen LogP) is 2.37. The Morgan fingerprint density at radius 1 is 1.00 bits per heavy atom. The molecule has 1 N–H and O–H groups in total. The lowest BCUT2D eigenvalue weighted by atomic mass is 10.1. The number of fused-ring (bicyclic) bond motifs is 1. The third-order valence-electron chi connectivity index (χ3n) is 2.01. The topological polar surface area (TPSA) is 44.0 Å². The van der Waals surface area contributed by atoms with Crippen molar-refractivity contribution < 1.29 is 5.11 Å². The zero-order valence-electron chi connectivity index (χ0n) is 6.86. The van der Waals surface area contributed by atoms with Crippen molar-refractivity contribution in [2.75, 3.05) is 0 Å². The second kappa shape index (κ2) is 2.80. The molecule has 0 unspecified atom stereocenters. The molecule has 2 rings (SSSR count). The summed E-state index contributed by atoms with van der Waals surface area (Å²) in [5.74, 6) is 0.208. The Kier molecular flexibility index (Phi) is 1.64. The van der Waals surface area contributed by atoms with Crippen molar-refractivity contribution in [2.24, 2.45) is 0 Å². The molecule has 13 heavy (non-hydrogen) atoms. The van der Waals surface area contributed by atoms with Gasteiger partial charge < -0.3 is 5.11 Å². The van der Waals surface area contributed by atoms with Gasteiger partial charge in [-0.05, 0) is 35.4 Å². The number of rotatable bonds is 0. The average molecular weight is 169 g/mol. The first-order valence-corrected chi connectivity index (χ1v) is 3.93. The molecule has 0 aromatic heterocycles. The maximum Gasteiger partial charge on any atom is 0.115 e. The Labute approximate surface area is 76.0 Å². The van der Waals surface area contributed by atoms with Gasteiger partial charge in [0.1, 0.15) is 5.75 Å². The molecule has 2 aliphatic carbocycles. The van der Waals surface area contributed by atoms with E-state index in [-0.39, 0.29) is 5.75 Å². The van der Waals surface area contributed by atoms with Crippen LogP contribution in [0.1, 0.15) is 5.56 Å². The van der Waals surface area contributed by atoms with Gasteiger partial charge in [-0.1, -0.05) is 12.1 Å². The zero-order valence-corrected chi connectivity index (χ0v) is 6.86. The molecule has 0 heterocycles. The largest absolute Gasteiger partial charge is 0.508 e. The second-order valence-electron chi connectivity index (χ2n) is 2.82. The quantitative estimate of drug-likeness (QED) is 0.657. The highest BCUT2D eigenvalue weighted by Crippen LogP contribution is 2.27. The fourth-order valence-corrected chi connectivity index (χ4v) is 1.34. The monoisotopic (exact) mass is 169 g/mol. The lowest BCUT2D eigenvalue weighted by Gasteiger charge is -1.89. The Morgan fingerprint density at radius 2 is 1.69 bits per heavy atom. The zero-order chi connectivity index (χ0) is 9.26. The van der Waals surface area contributed by atoms with Gasteiger partial charge in [-0.3, -0.25) is 0 Å². The van der Waals surface area contributed by atoms with Gasteiger partial charge in [0.15, 0.2) is 0 Å². The van der Waals surface area contributed by atoms with E-state index in [0.717, 1.165) is 11.1 Å². The molecule has 2 heteroatoms. The molecule has 2 nitrogen and oxygen atoms in total. The van der Waals surface area contributed by atoms with E-state index < -0.39 is 0 Å². The average Bonchev–Trinajstić information content (AvgIpc) is 2.45. The van der Waals surface area contributed by atoms with Crippen LogP contribution in [0, 0.1) is 11.3 Å². The van der Waals surface area contributed by atoms with Crippen molar-refractivity contribution in [3.05, 3.63) is 42.0 Å². The predicted molar refractivity (Wildman–Crippen MR) is 49.4 cm³/mol. The molecule has 0 radical (unpaired) electrons. The van der Waals surface area contributed by atoms with Gasteiger partial charge in [0.2, 0.25) is 0 Å². The van der Waals surface area contributed by atoms with Gasteiger partial charge in [-0.25, -0.2) is 0 Å². The fourth-order valence-electron chi connectivity index (χ4n) is 1.34. The molecule has 0 amide bonds. The van der Waals surface area contributed by atoms with Gasteiger partial charge in [0.05, 0.1) is 11.6 Å². The summed E-state index contributed by atoms with van der Waals surface area (Å²) >= 11 is 0. The number of hydrogen-bond acceptors (Lipinski definition) is 2. The van der Waals surface area contributed by atoms with Gasteiger partial charge in [-0.2, -0.15) is 5.26 Å². The van der Waals surface area contributed by atoms with E-state index in [1.165, 1.54) is 0 Å². The molecule has 0 aromatic rings. The summed E-state index contributed by atoms with van der Waals surface area (Å²) in [6.07, 6.45) is 0. The van der Waals surface area contributed by atoms with Gasteiger partial charge in [-0.15, -0.1) is 0 Å². The molecule has 62 valence electrons. The highest BCUT2D eigenvalue weighted by atomic mass is 16.3. The minimum Gasteiger partial charge on any atom is -0.508 e. The molecular weight excluding hydrogens is 162 g/mol. The van der Waals surface area contributed by atoms with E-state index in [2.05, 4.69) is 6.07 Å². The number of nitrogens with zero attached hydrogens (tertiary/aromatic N) is 1. The van der Waals surface area contributed by atoms with Gasteiger partial charge in [0.25, 0.3) is 0 Å². The maximum absolute atomic E-state index is 9.20. The summed E-state index contributed by atoms with van der Waals surface area (Å²) < 4.78 is 0. The highest BCUT2D eigenvalue weighted by Gasteiger charge is 2.06. The highest BCUT2D eigenvalue weighted by molar-refractivity contribution is 5.73. The van der Waals surface area contributed by atoms with Crippen LogP contribution < -0.4 is 0 Å². The minimum absolute atomic E-state index is 0.208. The molecule has 0 saturated carbocycles. The van der Waals surface area contributed by atoms with Crippen molar-refractivity contribution in [3.8, 4) is 22.9 Å². The fraction of sp³-hybridized carbons (Fsp3) is 0. The SMILES string of the molecule is N#Cc1ccc2ccc(O)ccc1-2. The molecule has 0 saturated heterocycles. The van der Waals surface area contributed by atoms with Gasteiger partial charge >= 0.3 is 0 Å². The van der Waals surface area contributed by atoms with Crippen LogP contribution in [0.3, 0.4) is 0 Å². The first-order valence-electron chi connectivity index (χ1n) is 3.93. The molecule has 2 aliphatic rings. The van der Waals surface area contributed by atoms with Crippen molar-refractivity contribution >= 4 is 0 Å². The van der Waals surface area contributed by atoms with Gasteiger partial charge in [0, 0.05) is 0 Å². The van der Waals surface area contributed by atoms with Crippen molar-refractivity contribution in [2.45, 2.75) is 0 Å². The van der Waals surface area contributed by atoms with Crippen LogP contribution in [0.5, 0.6) is 5.75 Å². The van der Waals surface area contributed by atoms with E-state index in [1.54, 1.807) is 30.3 Å². The Balaban J connectivity index is 2.73. The van der Waals surface area contributed by atoms with Crippen LogP contribution in [0.15, 0.2) is 36.4 Å². The van der Waals surface area contributed by atoms with Crippen LogP contribution >= 0.6 is 0 Å². The maximum atomic E-state index is 9.20. The Hall–Kier alpha value is -2.01. The summed E-state index contributed by atoms with van der Waals surface area (Å²) in [6.45, 7) is 0. The van der Waals surface area contributed by atoms with E-state index in [1.807, 2.05) is 6.07 Å². The normalized spacial score (nSPS) is 9.77. The van der Waals surface area contributed by atoms with Crippen LogP contribution in [0.2, 0.25) is 0 Å². The minimum atomic E-state index is 0.208. The molecule has 0 fully saturated rings. The Bertz CT molecular complexity index is 456. The van der Waals surface area contributed by atoms with E-state index in [4.69, 9.17) is 5.26 Å². The van der Waals surface area contributed by atoms with Crippen LogP contribution in [-0.4, -0.2) is 5.11 Å². The summed E-state index contributed by atoms with van der Waals surface area (Å²) in [6, 6.07) is 12.5. The van der Waals surface area contributed by atoms with Crippen molar-refractivity contribution in [1.82, 2.24) is 0 Å². The molecular formula is C11H7NO. The molecule has 0 spiro atoms. The lowest BCUT2D eigenvalue weighted by Crippen LogP contribution is -1.69. The third kappa shape index (κ3) is 1.21. The molecule has 0 bridgehead atoms. The van der Waals surface area contributed by atoms with E-state index in [0.29, 0.717) is 5.56 Å². The smallest absolute Gasteiger partial charge is 0.115 e. The van der Waals surface area contributed by atoms with Crippen LogP contribution in [-0.2, 0) is 0 Å². The first-order chi connectivity index (χ1) is 6.31. The molecule has 0 aromatic carbocycles. The summed E-state index contributed by atoms with van der Waals surface area (Å²) in [4.78, 5) is 0. The van der Waals surface area contributed by atoms with Crippen molar-refractivity contribution in [1.29, 1.82) is 5.26 Å². The number of hydrogen-bond donors (Lipinski definition) is 1. The van der Waals surface area contributed by atoms with Crippen LogP contribution in [0.25, 0.3) is 11.1 Å². The van der Waals surface area contributed by atoms with Crippen LogP contribution in [0.4, 0.5) is 0 Å².